The Kier molecular flexibility index (Phi) is 9.72. The van der Waals surface area contributed by atoms with Gasteiger partial charge < -0.3 is 15.0 Å². The predicted octanol–water partition coefficient (Wildman–Crippen LogP) is 4.55. The van der Waals surface area contributed by atoms with Gasteiger partial charge in [0.05, 0.1) is 29.1 Å². The molecule has 0 radical (unpaired) electrons. The van der Waals surface area contributed by atoms with Crippen molar-refractivity contribution in [2.75, 3.05) is 24.2 Å². The van der Waals surface area contributed by atoms with E-state index in [1.165, 1.54) is 12.0 Å². The zero-order chi connectivity index (χ0) is 27.3. The Labute approximate surface area is 228 Å². The van der Waals surface area contributed by atoms with Crippen LogP contribution in [0.25, 0.3) is 0 Å². The van der Waals surface area contributed by atoms with E-state index in [-0.39, 0.29) is 24.2 Å². The van der Waals surface area contributed by atoms with E-state index in [0.717, 1.165) is 41.8 Å². The van der Waals surface area contributed by atoms with Crippen LogP contribution in [0.1, 0.15) is 43.7 Å². The maximum Gasteiger partial charge on any atom is 0.244 e. The molecule has 3 rings (SSSR count). The van der Waals surface area contributed by atoms with E-state index >= 15 is 0 Å². The number of methoxy groups -OCH3 is 1. The fraction of sp³-hybridized carbons (Fsp3) is 0.462. The van der Waals surface area contributed by atoms with Crippen LogP contribution >= 0.6 is 23.2 Å². The van der Waals surface area contributed by atoms with Crippen molar-refractivity contribution < 1.29 is 22.7 Å². The topological polar surface area (TPSA) is 96.0 Å². The van der Waals surface area contributed by atoms with E-state index in [1.54, 1.807) is 43.3 Å². The van der Waals surface area contributed by atoms with Gasteiger partial charge in [-0.15, -0.1) is 0 Å². The summed E-state index contributed by atoms with van der Waals surface area (Å²) in [5.74, 6) is -0.527. The Balaban J connectivity index is 1.95. The average molecular weight is 571 g/mol. The molecule has 2 aromatic rings. The Morgan fingerprint density at radius 1 is 1.11 bits per heavy atom. The van der Waals surface area contributed by atoms with E-state index in [4.69, 9.17) is 27.9 Å². The molecule has 0 aliphatic heterocycles. The van der Waals surface area contributed by atoms with E-state index in [2.05, 4.69) is 5.32 Å². The fourth-order valence-corrected chi connectivity index (χ4v) is 5.56. The minimum atomic E-state index is -3.88. The number of hydrogen-bond acceptors (Lipinski definition) is 5. The van der Waals surface area contributed by atoms with Gasteiger partial charge in [-0.05, 0) is 62.1 Å². The molecule has 1 aliphatic rings. The number of ether oxygens (including phenoxy) is 1. The molecule has 11 heteroatoms. The average Bonchev–Trinajstić information content (AvgIpc) is 3.34. The Hall–Kier alpha value is -2.49. The van der Waals surface area contributed by atoms with E-state index in [1.807, 2.05) is 6.92 Å². The number of rotatable bonds is 10. The highest BCUT2D eigenvalue weighted by Gasteiger charge is 2.32. The highest BCUT2D eigenvalue weighted by molar-refractivity contribution is 7.92. The van der Waals surface area contributed by atoms with Crippen molar-refractivity contribution in [3.05, 3.63) is 57.6 Å². The molecule has 0 spiro atoms. The highest BCUT2D eigenvalue weighted by Crippen LogP contribution is 2.31. The number of carbonyl (C=O) groups is 2. The van der Waals surface area contributed by atoms with Gasteiger partial charge in [-0.3, -0.25) is 13.9 Å². The summed E-state index contributed by atoms with van der Waals surface area (Å²) in [6.45, 7) is 2.98. The number of carbonyl (C=O) groups excluding carboxylic acids is 2. The van der Waals surface area contributed by atoms with Gasteiger partial charge in [0.2, 0.25) is 21.8 Å². The normalized spacial score (nSPS) is 14.8. The molecule has 1 fully saturated rings. The maximum atomic E-state index is 13.7. The van der Waals surface area contributed by atoms with Crippen LogP contribution < -0.4 is 14.4 Å². The molecule has 0 saturated heterocycles. The summed E-state index contributed by atoms with van der Waals surface area (Å²) < 4.78 is 32.0. The maximum absolute atomic E-state index is 13.7. The molecule has 202 valence electrons. The third kappa shape index (κ3) is 7.52. The standard InChI is InChI=1S/C26H33Cl2N3O5S/c1-17-9-12-24(36-3)23(13-17)31(37(4,34)35)16-25(32)30(15-19-10-11-21(27)22(28)14-19)18(2)26(33)29-20-7-5-6-8-20/h9-14,18,20H,5-8,15-16H2,1-4H3,(H,29,33)/t18-/m1/s1. The second-order valence-corrected chi connectivity index (χ2v) is 12.1. The van der Waals surface area contributed by atoms with Crippen molar-refractivity contribution in [1.29, 1.82) is 0 Å². The van der Waals surface area contributed by atoms with Gasteiger partial charge in [0.15, 0.2) is 0 Å². The van der Waals surface area contributed by atoms with E-state index in [9.17, 15) is 18.0 Å². The molecule has 2 aromatic carbocycles. The van der Waals surface area contributed by atoms with E-state index in [0.29, 0.717) is 21.4 Å². The SMILES string of the molecule is COc1ccc(C)cc1N(CC(=O)N(Cc1ccc(Cl)c(Cl)c1)[C@H](C)C(=O)NC1CCCC1)S(C)(=O)=O. The zero-order valence-electron chi connectivity index (χ0n) is 21.5. The number of anilines is 1. The summed E-state index contributed by atoms with van der Waals surface area (Å²) >= 11 is 12.2. The molecule has 1 N–H and O–H groups in total. The van der Waals surface area contributed by atoms with Gasteiger partial charge in [-0.25, -0.2) is 8.42 Å². The molecule has 0 unspecified atom stereocenters. The predicted molar refractivity (Wildman–Crippen MR) is 147 cm³/mol. The number of nitrogens with zero attached hydrogens (tertiary/aromatic N) is 2. The van der Waals surface area contributed by atoms with Gasteiger partial charge in [-0.1, -0.05) is 48.2 Å². The third-order valence-electron chi connectivity index (χ3n) is 6.49. The highest BCUT2D eigenvalue weighted by atomic mass is 35.5. The Morgan fingerprint density at radius 3 is 2.38 bits per heavy atom. The van der Waals surface area contributed by atoms with Crippen molar-refractivity contribution in [2.45, 2.75) is 58.2 Å². The van der Waals surface area contributed by atoms with Gasteiger partial charge >= 0.3 is 0 Å². The molecule has 8 nitrogen and oxygen atoms in total. The number of aryl methyl sites for hydroxylation is 1. The molecule has 0 heterocycles. The molecule has 37 heavy (non-hydrogen) atoms. The van der Waals surface area contributed by atoms with Crippen LogP contribution in [0.4, 0.5) is 5.69 Å². The van der Waals surface area contributed by atoms with Crippen molar-refractivity contribution in [2.24, 2.45) is 0 Å². The fourth-order valence-electron chi connectivity index (χ4n) is 4.40. The molecule has 1 saturated carbocycles. The smallest absolute Gasteiger partial charge is 0.244 e. The van der Waals surface area contributed by atoms with Crippen molar-refractivity contribution in [3.63, 3.8) is 0 Å². The molecule has 2 amide bonds. The molecule has 1 aliphatic carbocycles. The first kappa shape index (κ1) is 29.1. The van der Waals surface area contributed by atoms with Gasteiger partial charge in [-0.2, -0.15) is 0 Å². The van der Waals surface area contributed by atoms with E-state index < -0.39 is 28.5 Å². The van der Waals surface area contributed by atoms with Crippen LogP contribution in [0.3, 0.4) is 0 Å². The Bertz CT molecular complexity index is 1250. The van der Waals surface area contributed by atoms with Gasteiger partial charge in [0.1, 0.15) is 18.3 Å². The van der Waals surface area contributed by atoms with Crippen molar-refractivity contribution in [3.8, 4) is 5.75 Å². The Morgan fingerprint density at radius 2 is 1.78 bits per heavy atom. The summed E-state index contributed by atoms with van der Waals surface area (Å²) in [5, 5.41) is 3.71. The minimum Gasteiger partial charge on any atom is -0.495 e. The molecule has 1 atom stereocenters. The molecular weight excluding hydrogens is 537 g/mol. The lowest BCUT2D eigenvalue weighted by molar-refractivity contribution is -0.139. The van der Waals surface area contributed by atoms with Gasteiger partial charge in [0, 0.05) is 12.6 Å². The summed E-state index contributed by atoms with van der Waals surface area (Å²) in [5.41, 5.74) is 1.70. The van der Waals surface area contributed by atoms with Crippen LogP contribution in [0.2, 0.25) is 10.0 Å². The lowest BCUT2D eigenvalue weighted by atomic mass is 10.1. The van der Waals surface area contributed by atoms with Crippen LogP contribution in [-0.2, 0) is 26.2 Å². The first-order valence-electron chi connectivity index (χ1n) is 12.1. The zero-order valence-corrected chi connectivity index (χ0v) is 23.8. The lowest BCUT2D eigenvalue weighted by Gasteiger charge is -2.32. The number of amides is 2. The van der Waals surface area contributed by atoms with Crippen LogP contribution in [0.5, 0.6) is 5.75 Å². The minimum absolute atomic E-state index is 0.0392. The number of hydrogen-bond donors (Lipinski definition) is 1. The van der Waals surface area contributed by atoms with Crippen LogP contribution in [0, 0.1) is 6.92 Å². The third-order valence-corrected chi connectivity index (χ3v) is 8.35. The number of nitrogens with one attached hydrogen (secondary N) is 1. The van der Waals surface area contributed by atoms with Crippen LogP contribution in [-0.4, -0.2) is 57.1 Å². The number of benzene rings is 2. The summed E-state index contributed by atoms with van der Waals surface area (Å²) in [6, 6.07) is 9.26. The molecular formula is C26H33Cl2N3O5S. The summed E-state index contributed by atoms with van der Waals surface area (Å²) in [4.78, 5) is 28.3. The quantitative estimate of drug-likeness (QED) is 0.452. The molecule has 0 aromatic heterocycles. The first-order chi connectivity index (χ1) is 17.4. The van der Waals surface area contributed by atoms with Crippen molar-refractivity contribution in [1.82, 2.24) is 10.2 Å². The lowest BCUT2D eigenvalue weighted by Crippen LogP contribution is -2.52. The second-order valence-electron chi connectivity index (χ2n) is 9.38. The second kappa shape index (κ2) is 12.4. The number of halogens is 2. The summed E-state index contributed by atoms with van der Waals surface area (Å²) in [6.07, 6.45) is 4.92. The first-order valence-corrected chi connectivity index (χ1v) is 14.7. The monoisotopic (exact) mass is 569 g/mol. The summed E-state index contributed by atoms with van der Waals surface area (Å²) in [7, 11) is -2.45. The van der Waals surface area contributed by atoms with Crippen molar-refractivity contribution >= 4 is 50.7 Å². The molecule has 0 bridgehead atoms. The van der Waals surface area contributed by atoms with Gasteiger partial charge in [0.25, 0.3) is 0 Å². The number of sulfonamides is 1. The van der Waals surface area contributed by atoms with Crippen LogP contribution in [0.15, 0.2) is 36.4 Å². The largest absolute Gasteiger partial charge is 0.495 e.